The highest BCUT2D eigenvalue weighted by Crippen LogP contribution is 2.42. The molecule has 0 radical (unpaired) electrons. The fourth-order valence-electron chi connectivity index (χ4n) is 4.39. The molecule has 1 saturated heterocycles. The van der Waals surface area contributed by atoms with Gasteiger partial charge in [-0.2, -0.15) is 0 Å². The molecule has 0 saturated carbocycles. The number of likely N-dealkylation sites (N-methyl/N-ethyl adjacent to an activating group) is 1. The van der Waals surface area contributed by atoms with E-state index in [2.05, 4.69) is 30.1 Å². The Hall–Kier alpha value is -4.07. The molecule has 0 aromatic heterocycles. The quantitative estimate of drug-likeness (QED) is 0.510. The maximum atomic E-state index is 13.3. The number of amides is 4. The van der Waals surface area contributed by atoms with Crippen LogP contribution in [0.5, 0.6) is 11.5 Å². The van der Waals surface area contributed by atoms with Crippen molar-refractivity contribution >= 4 is 40.9 Å². The molecule has 35 heavy (non-hydrogen) atoms. The number of fused-ring (bicyclic) bond motifs is 1. The molecule has 4 amide bonds. The summed E-state index contributed by atoms with van der Waals surface area (Å²) in [5.41, 5.74) is 3.59. The summed E-state index contributed by atoms with van der Waals surface area (Å²) in [6.45, 7) is 8.64. The lowest BCUT2D eigenvalue weighted by atomic mass is 9.88. The Labute approximate surface area is 204 Å². The lowest BCUT2D eigenvalue weighted by Gasteiger charge is -2.41. The number of nitrogens with zero attached hydrogens (tertiary/aromatic N) is 2. The normalized spacial score (nSPS) is 18.3. The number of carbonyl (C=O) groups is 3. The number of imide groups is 2. The minimum Gasteiger partial charge on any atom is -0.496 e. The second-order valence-corrected chi connectivity index (χ2v) is 9.04. The van der Waals surface area contributed by atoms with Gasteiger partial charge in [0.1, 0.15) is 17.1 Å². The zero-order chi connectivity index (χ0) is 25.5. The van der Waals surface area contributed by atoms with Crippen LogP contribution in [0, 0.1) is 0 Å². The van der Waals surface area contributed by atoms with E-state index >= 15 is 0 Å². The number of hydrogen-bond acceptors (Lipinski definition) is 6. The maximum absolute atomic E-state index is 13.3. The predicted molar refractivity (Wildman–Crippen MR) is 136 cm³/mol. The Morgan fingerprint density at radius 1 is 1.09 bits per heavy atom. The number of methoxy groups -OCH3 is 1. The van der Waals surface area contributed by atoms with Gasteiger partial charge in [0, 0.05) is 29.9 Å². The van der Waals surface area contributed by atoms with Crippen molar-refractivity contribution in [1.82, 2.24) is 5.32 Å². The zero-order valence-corrected chi connectivity index (χ0v) is 20.8. The molecule has 0 aliphatic carbocycles. The number of allylic oxidation sites excluding steroid dienone is 1. The molecule has 2 aromatic carbocycles. The van der Waals surface area contributed by atoms with E-state index in [0.717, 1.165) is 21.7 Å². The average Bonchev–Trinajstić information content (AvgIpc) is 2.81. The van der Waals surface area contributed by atoms with Gasteiger partial charge in [-0.1, -0.05) is 6.08 Å². The van der Waals surface area contributed by atoms with Gasteiger partial charge in [0.05, 0.1) is 24.9 Å². The van der Waals surface area contributed by atoms with Crippen molar-refractivity contribution in [2.45, 2.75) is 33.2 Å². The third-order valence-electron chi connectivity index (χ3n) is 6.38. The van der Waals surface area contributed by atoms with Crippen LogP contribution in [0.3, 0.4) is 0 Å². The molecule has 0 atom stereocenters. The first-order valence-electron chi connectivity index (χ1n) is 11.4. The summed E-state index contributed by atoms with van der Waals surface area (Å²) in [5, 5.41) is 2.26. The van der Waals surface area contributed by atoms with E-state index < -0.39 is 17.8 Å². The van der Waals surface area contributed by atoms with E-state index in [4.69, 9.17) is 9.47 Å². The van der Waals surface area contributed by atoms with E-state index in [1.165, 1.54) is 6.08 Å². The van der Waals surface area contributed by atoms with E-state index in [0.29, 0.717) is 29.4 Å². The van der Waals surface area contributed by atoms with Crippen molar-refractivity contribution in [3.05, 3.63) is 59.2 Å². The van der Waals surface area contributed by atoms with Crippen LogP contribution in [-0.4, -0.2) is 44.1 Å². The number of rotatable bonds is 5. The number of benzene rings is 2. The molecule has 1 N–H and O–H groups in total. The fourth-order valence-corrected chi connectivity index (χ4v) is 4.39. The van der Waals surface area contributed by atoms with Crippen molar-refractivity contribution in [2.24, 2.45) is 0 Å². The van der Waals surface area contributed by atoms with Crippen LogP contribution < -0.4 is 24.6 Å². The first-order chi connectivity index (χ1) is 16.6. The van der Waals surface area contributed by atoms with Gasteiger partial charge < -0.3 is 14.4 Å². The number of barbiturate groups is 1. The SMILES string of the molecule is CCOc1ccc(N2C(=O)NC(=O)/C(=C/c3cc4c(cc3OC)N(C)C(C)(C)C=C4C)C2=O)cc1. The Morgan fingerprint density at radius 3 is 2.40 bits per heavy atom. The van der Waals surface area contributed by atoms with E-state index in [9.17, 15) is 14.4 Å². The summed E-state index contributed by atoms with van der Waals surface area (Å²) >= 11 is 0. The number of anilines is 2. The molecule has 8 nitrogen and oxygen atoms in total. The summed E-state index contributed by atoms with van der Waals surface area (Å²) < 4.78 is 11.0. The monoisotopic (exact) mass is 475 g/mol. The predicted octanol–water partition coefficient (Wildman–Crippen LogP) is 4.39. The topological polar surface area (TPSA) is 88.2 Å². The fraction of sp³-hybridized carbons (Fsp3) is 0.296. The van der Waals surface area contributed by atoms with Crippen molar-refractivity contribution < 1.29 is 23.9 Å². The van der Waals surface area contributed by atoms with Crippen LogP contribution in [-0.2, 0) is 9.59 Å². The zero-order valence-electron chi connectivity index (χ0n) is 20.8. The Bertz CT molecular complexity index is 1270. The summed E-state index contributed by atoms with van der Waals surface area (Å²) in [7, 11) is 3.55. The highest BCUT2D eigenvalue weighted by molar-refractivity contribution is 6.39. The summed E-state index contributed by atoms with van der Waals surface area (Å²) in [4.78, 5) is 41.7. The maximum Gasteiger partial charge on any atom is 0.335 e. The molecule has 1 fully saturated rings. The number of carbonyl (C=O) groups excluding carboxylic acids is 3. The molecular formula is C27H29N3O5. The Morgan fingerprint density at radius 2 is 1.77 bits per heavy atom. The standard InChI is InChI=1S/C27H29N3O5/c1-7-35-19-10-8-18(9-11-19)30-25(32)21(24(31)28-26(30)33)13-17-12-20-16(2)15-27(3,4)29(5)22(20)14-23(17)34-6/h8-15H,7H2,1-6H3,(H,28,31,33)/b21-13-. The first-order valence-corrected chi connectivity index (χ1v) is 11.4. The van der Waals surface area contributed by atoms with Gasteiger partial charge in [-0.25, -0.2) is 9.69 Å². The lowest BCUT2D eigenvalue weighted by Crippen LogP contribution is -2.54. The molecule has 182 valence electrons. The summed E-state index contributed by atoms with van der Waals surface area (Å²) in [5.74, 6) is -0.345. The van der Waals surface area contributed by atoms with Crippen LogP contribution >= 0.6 is 0 Å². The average molecular weight is 476 g/mol. The van der Waals surface area contributed by atoms with Crippen molar-refractivity contribution in [3.63, 3.8) is 0 Å². The van der Waals surface area contributed by atoms with Crippen molar-refractivity contribution in [3.8, 4) is 11.5 Å². The van der Waals surface area contributed by atoms with Crippen molar-refractivity contribution in [1.29, 1.82) is 0 Å². The number of nitrogens with one attached hydrogen (secondary N) is 1. The number of urea groups is 1. The molecule has 0 unspecified atom stereocenters. The van der Waals surface area contributed by atoms with Crippen LogP contribution in [0.4, 0.5) is 16.2 Å². The second kappa shape index (κ2) is 8.94. The molecule has 8 heteroatoms. The molecule has 2 aromatic rings. The minimum atomic E-state index is -0.804. The largest absolute Gasteiger partial charge is 0.496 e. The van der Waals surface area contributed by atoms with Crippen molar-refractivity contribution in [2.75, 3.05) is 30.6 Å². The highest BCUT2D eigenvalue weighted by Gasteiger charge is 2.37. The molecule has 2 aliphatic heterocycles. The van der Waals surface area contributed by atoms with Gasteiger partial charge in [0.15, 0.2) is 0 Å². The van der Waals surface area contributed by atoms with Gasteiger partial charge in [-0.15, -0.1) is 0 Å². The molecule has 2 aliphatic rings. The summed E-state index contributed by atoms with van der Waals surface area (Å²) in [6.07, 6.45) is 3.64. The molecular weight excluding hydrogens is 446 g/mol. The van der Waals surface area contributed by atoms with Gasteiger partial charge in [-0.3, -0.25) is 14.9 Å². The van der Waals surface area contributed by atoms with E-state index in [1.54, 1.807) is 31.4 Å². The van der Waals surface area contributed by atoms with Crippen LogP contribution in [0.15, 0.2) is 48.0 Å². The molecule has 2 heterocycles. The molecule has 0 spiro atoms. The minimum absolute atomic E-state index is 0.164. The highest BCUT2D eigenvalue weighted by atomic mass is 16.5. The van der Waals surface area contributed by atoms with Crippen LogP contribution in [0.2, 0.25) is 0 Å². The summed E-state index contributed by atoms with van der Waals surface area (Å²) in [6, 6.07) is 9.53. The second-order valence-electron chi connectivity index (χ2n) is 9.04. The Balaban J connectivity index is 1.77. The first kappa shape index (κ1) is 24.1. The van der Waals surface area contributed by atoms with E-state index in [-0.39, 0.29) is 11.1 Å². The molecule has 4 rings (SSSR count). The van der Waals surface area contributed by atoms with E-state index in [1.807, 2.05) is 33.0 Å². The third-order valence-corrected chi connectivity index (χ3v) is 6.38. The van der Waals surface area contributed by atoms with Gasteiger partial charge in [0.2, 0.25) is 0 Å². The number of hydrogen-bond donors (Lipinski definition) is 1. The van der Waals surface area contributed by atoms with Crippen LogP contribution in [0.1, 0.15) is 38.8 Å². The Kier molecular flexibility index (Phi) is 6.15. The number of ether oxygens (including phenoxy) is 2. The molecule has 0 bridgehead atoms. The lowest BCUT2D eigenvalue weighted by molar-refractivity contribution is -0.122. The van der Waals surface area contributed by atoms with Gasteiger partial charge in [0.25, 0.3) is 11.8 Å². The van der Waals surface area contributed by atoms with Gasteiger partial charge in [-0.05, 0) is 69.7 Å². The van der Waals surface area contributed by atoms with Crippen LogP contribution in [0.25, 0.3) is 11.6 Å². The smallest absolute Gasteiger partial charge is 0.335 e. The van der Waals surface area contributed by atoms with Gasteiger partial charge >= 0.3 is 6.03 Å². The third kappa shape index (κ3) is 4.27.